The Kier molecular flexibility index (Phi) is 6.62. The third-order valence-corrected chi connectivity index (χ3v) is 9.90. The normalized spacial score (nSPS) is 21.0. The minimum absolute atomic E-state index is 0.0490. The zero-order valence-electron chi connectivity index (χ0n) is 16.6. The van der Waals surface area contributed by atoms with Gasteiger partial charge in [-0.3, -0.25) is 4.68 Å². The number of nitrogens with zero attached hydrogens (tertiary/aromatic N) is 4. The first-order valence-corrected chi connectivity index (χ1v) is 12.1. The zero-order chi connectivity index (χ0) is 19.4. The largest absolute Gasteiger partial charge is 0.445 e. The van der Waals surface area contributed by atoms with Crippen molar-refractivity contribution in [1.82, 2.24) is 19.7 Å². The van der Waals surface area contributed by atoms with Crippen LogP contribution in [0.4, 0.5) is 4.79 Å². The number of hydrogen-bond donors (Lipinski definition) is 0. The highest BCUT2D eigenvalue weighted by atomic mass is 28.4. The first kappa shape index (κ1) is 20.6. The van der Waals surface area contributed by atoms with Crippen LogP contribution in [0.15, 0.2) is 25.3 Å². The number of aromatic nitrogens is 3. The molecule has 2 rings (SSSR count). The Labute approximate surface area is 157 Å². The minimum atomic E-state index is -1.89. The maximum Gasteiger partial charge on any atom is 0.410 e. The van der Waals surface area contributed by atoms with Gasteiger partial charge in [-0.25, -0.2) is 9.78 Å². The molecule has 0 aliphatic carbocycles. The summed E-state index contributed by atoms with van der Waals surface area (Å²) in [7, 11) is -1.89. The summed E-state index contributed by atoms with van der Waals surface area (Å²) in [5, 5.41) is 4.28. The van der Waals surface area contributed by atoms with E-state index in [4.69, 9.17) is 9.16 Å². The average molecular weight is 381 g/mol. The zero-order valence-corrected chi connectivity index (χ0v) is 17.6. The van der Waals surface area contributed by atoms with Gasteiger partial charge in [0, 0.05) is 19.1 Å². The first-order chi connectivity index (χ1) is 12.1. The topological polar surface area (TPSA) is 69.5 Å². The van der Waals surface area contributed by atoms with E-state index in [1.165, 1.54) is 6.33 Å². The SMILES string of the molecule is C=CCOC(=O)N1C[C@H](O[Si](C)(C)C(C)(C)C)C[C@H]1CCn1cncn1. The van der Waals surface area contributed by atoms with E-state index in [0.29, 0.717) is 13.1 Å². The van der Waals surface area contributed by atoms with Gasteiger partial charge in [0.05, 0.1) is 6.10 Å². The van der Waals surface area contributed by atoms with Crippen molar-refractivity contribution >= 4 is 14.4 Å². The third kappa shape index (κ3) is 5.17. The molecule has 0 aromatic carbocycles. The van der Waals surface area contributed by atoms with Crippen molar-refractivity contribution in [3.05, 3.63) is 25.3 Å². The summed E-state index contributed by atoms with van der Waals surface area (Å²) in [6.07, 6.45) is 6.17. The quantitative estimate of drug-likeness (QED) is 0.535. The smallest absolute Gasteiger partial charge is 0.410 e. The van der Waals surface area contributed by atoms with Gasteiger partial charge >= 0.3 is 6.09 Å². The van der Waals surface area contributed by atoms with E-state index < -0.39 is 8.32 Å². The van der Waals surface area contributed by atoms with Crippen molar-refractivity contribution in [3.63, 3.8) is 0 Å². The molecule has 0 radical (unpaired) electrons. The Balaban J connectivity index is 2.04. The molecule has 1 fully saturated rings. The second-order valence-corrected chi connectivity index (χ2v) is 13.1. The van der Waals surface area contributed by atoms with E-state index in [1.54, 1.807) is 22.0 Å². The molecule has 2 atom stereocenters. The Bertz CT molecular complexity index is 598. The van der Waals surface area contributed by atoms with Crippen LogP contribution in [0.2, 0.25) is 18.1 Å². The number of carbonyl (C=O) groups excluding carboxylic acids is 1. The summed E-state index contributed by atoms with van der Waals surface area (Å²) in [4.78, 5) is 18.2. The molecule has 0 bridgehead atoms. The molecule has 146 valence electrons. The van der Waals surface area contributed by atoms with Gasteiger partial charge in [0.2, 0.25) is 0 Å². The molecule has 1 aliphatic rings. The van der Waals surface area contributed by atoms with Crippen LogP contribution in [0.1, 0.15) is 33.6 Å². The fourth-order valence-electron chi connectivity index (χ4n) is 2.89. The maximum absolute atomic E-state index is 12.5. The molecule has 7 nitrogen and oxygen atoms in total. The van der Waals surface area contributed by atoms with Gasteiger partial charge in [-0.2, -0.15) is 5.10 Å². The Hall–Kier alpha value is -1.67. The lowest BCUT2D eigenvalue weighted by molar-refractivity contribution is 0.101. The number of rotatable bonds is 7. The van der Waals surface area contributed by atoms with Crippen LogP contribution in [-0.2, 0) is 15.7 Å². The Morgan fingerprint density at radius 1 is 1.42 bits per heavy atom. The van der Waals surface area contributed by atoms with Crippen molar-refractivity contribution < 1.29 is 14.0 Å². The molecule has 0 unspecified atom stereocenters. The van der Waals surface area contributed by atoms with Crippen molar-refractivity contribution in [2.24, 2.45) is 0 Å². The molecule has 1 aliphatic heterocycles. The summed E-state index contributed by atoms with van der Waals surface area (Å²) >= 11 is 0. The van der Waals surface area contributed by atoms with E-state index in [0.717, 1.165) is 12.8 Å². The average Bonchev–Trinajstić information content (AvgIpc) is 3.18. The van der Waals surface area contributed by atoms with Gasteiger partial charge in [0.15, 0.2) is 8.32 Å². The number of ether oxygens (including phenoxy) is 1. The van der Waals surface area contributed by atoms with Gasteiger partial charge in [0.25, 0.3) is 0 Å². The molecule has 1 aromatic rings. The van der Waals surface area contributed by atoms with E-state index in [-0.39, 0.29) is 29.9 Å². The summed E-state index contributed by atoms with van der Waals surface area (Å²) in [5.41, 5.74) is 0. The molecule has 0 saturated carbocycles. The molecular formula is C18H32N4O3Si. The van der Waals surface area contributed by atoms with Crippen LogP contribution in [0.5, 0.6) is 0 Å². The van der Waals surface area contributed by atoms with E-state index in [9.17, 15) is 4.79 Å². The van der Waals surface area contributed by atoms with Crippen LogP contribution in [-0.4, -0.2) is 59.4 Å². The van der Waals surface area contributed by atoms with Crippen LogP contribution < -0.4 is 0 Å². The van der Waals surface area contributed by atoms with Gasteiger partial charge in [-0.1, -0.05) is 33.4 Å². The van der Waals surface area contributed by atoms with Crippen LogP contribution in [0.25, 0.3) is 0 Å². The molecule has 0 N–H and O–H groups in total. The Morgan fingerprint density at radius 3 is 2.73 bits per heavy atom. The van der Waals surface area contributed by atoms with Crippen molar-refractivity contribution in [1.29, 1.82) is 0 Å². The molecule has 1 amide bonds. The Morgan fingerprint density at radius 2 is 2.15 bits per heavy atom. The van der Waals surface area contributed by atoms with E-state index in [1.807, 2.05) is 0 Å². The maximum atomic E-state index is 12.5. The highest BCUT2D eigenvalue weighted by Crippen LogP contribution is 2.39. The monoisotopic (exact) mass is 380 g/mol. The van der Waals surface area contributed by atoms with Gasteiger partial charge < -0.3 is 14.1 Å². The molecule has 8 heteroatoms. The number of aryl methyl sites for hydroxylation is 1. The van der Waals surface area contributed by atoms with Crippen molar-refractivity contribution in [2.45, 2.75) is 70.4 Å². The number of amides is 1. The fourth-order valence-corrected chi connectivity index (χ4v) is 4.25. The summed E-state index contributed by atoms with van der Waals surface area (Å²) in [5.74, 6) is 0. The molecular weight excluding hydrogens is 348 g/mol. The third-order valence-electron chi connectivity index (χ3n) is 5.36. The summed E-state index contributed by atoms with van der Waals surface area (Å²) in [6.45, 7) is 16.3. The molecule has 2 heterocycles. The fraction of sp³-hybridized carbons (Fsp3) is 0.722. The first-order valence-electron chi connectivity index (χ1n) is 9.18. The van der Waals surface area contributed by atoms with Crippen molar-refractivity contribution in [2.75, 3.05) is 13.2 Å². The van der Waals surface area contributed by atoms with Gasteiger partial charge in [-0.15, -0.1) is 0 Å². The van der Waals surface area contributed by atoms with Crippen molar-refractivity contribution in [3.8, 4) is 0 Å². The predicted octanol–water partition coefficient (Wildman–Crippen LogP) is 3.46. The number of likely N-dealkylation sites (tertiary alicyclic amines) is 1. The van der Waals surface area contributed by atoms with Gasteiger partial charge in [0.1, 0.15) is 19.3 Å². The highest BCUT2D eigenvalue weighted by molar-refractivity contribution is 6.74. The van der Waals surface area contributed by atoms with E-state index >= 15 is 0 Å². The molecule has 1 aromatic heterocycles. The highest BCUT2D eigenvalue weighted by Gasteiger charge is 2.43. The minimum Gasteiger partial charge on any atom is -0.445 e. The van der Waals surface area contributed by atoms with Crippen LogP contribution in [0.3, 0.4) is 0 Å². The van der Waals surface area contributed by atoms with Gasteiger partial charge in [-0.05, 0) is 31.0 Å². The summed E-state index contributed by atoms with van der Waals surface area (Å²) < 4.78 is 13.6. The van der Waals surface area contributed by atoms with E-state index in [2.05, 4.69) is 50.5 Å². The lowest BCUT2D eigenvalue weighted by Crippen LogP contribution is -2.44. The molecule has 26 heavy (non-hydrogen) atoms. The predicted molar refractivity (Wildman–Crippen MR) is 103 cm³/mol. The second-order valence-electron chi connectivity index (χ2n) is 8.35. The van der Waals surface area contributed by atoms with Crippen LogP contribution >= 0.6 is 0 Å². The molecule has 0 spiro atoms. The lowest BCUT2D eigenvalue weighted by Gasteiger charge is -2.38. The number of carbonyl (C=O) groups is 1. The summed E-state index contributed by atoms with van der Waals surface area (Å²) in [6, 6.07) is 0.0753. The van der Waals surface area contributed by atoms with Crippen LogP contribution in [0, 0.1) is 0 Å². The lowest BCUT2D eigenvalue weighted by atomic mass is 10.1. The number of hydrogen-bond acceptors (Lipinski definition) is 5. The molecule has 1 saturated heterocycles. The second kappa shape index (κ2) is 8.35. The standard InChI is InChI=1S/C18H32N4O3Si/c1-7-10-24-17(23)22-12-16(25-26(5,6)18(2,3)4)11-15(22)8-9-21-14-19-13-20-21/h7,13-16H,1,8-12H2,2-6H3/t15-,16-/m1/s1.